The van der Waals surface area contributed by atoms with Crippen molar-refractivity contribution in [2.24, 2.45) is 0 Å². The third-order valence-corrected chi connectivity index (χ3v) is 4.37. The smallest absolute Gasteiger partial charge is 0.255 e. The number of carbonyl (C=O) groups is 1. The van der Waals surface area contributed by atoms with Crippen LogP contribution < -0.4 is 4.74 Å². The summed E-state index contributed by atoms with van der Waals surface area (Å²) in [4.78, 5) is 18.7. The van der Waals surface area contributed by atoms with Gasteiger partial charge in [0.15, 0.2) is 0 Å². The van der Waals surface area contributed by atoms with Crippen molar-refractivity contribution in [3.8, 4) is 5.88 Å². The Hall–Kier alpha value is -1.29. The van der Waals surface area contributed by atoms with Crippen molar-refractivity contribution < 1.29 is 9.53 Å². The lowest BCUT2D eigenvalue weighted by atomic mass is 10.1. The molecule has 1 aromatic heterocycles. The summed E-state index contributed by atoms with van der Waals surface area (Å²) in [7, 11) is 1.88. The molecule has 1 aliphatic carbocycles. The van der Waals surface area contributed by atoms with Crippen molar-refractivity contribution in [2.75, 3.05) is 7.05 Å². The van der Waals surface area contributed by atoms with Crippen LogP contribution in [0.4, 0.5) is 0 Å². The van der Waals surface area contributed by atoms with Gasteiger partial charge >= 0.3 is 0 Å². The second-order valence-corrected chi connectivity index (χ2v) is 6.65. The van der Waals surface area contributed by atoms with Gasteiger partial charge in [-0.3, -0.25) is 4.79 Å². The maximum Gasteiger partial charge on any atom is 0.255 e. The van der Waals surface area contributed by atoms with Crippen LogP contribution in [-0.4, -0.2) is 35.0 Å². The van der Waals surface area contributed by atoms with Crippen LogP contribution in [0.3, 0.4) is 0 Å². The molecule has 0 unspecified atom stereocenters. The molecule has 0 radical (unpaired) electrons. The molecule has 1 amide bonds. The summed E-state index contributed by atoms with van der Waals surface area (Å²) in [6.07, 6.45) is 8.65. The molecule has 1 saturated carbocycles. The number of hydrogen-bond acceptors (Lipinski definition) is 3. The first-order valence-corrected chi connectivity index (χ1v) is 8.46. The minimum Gasteiger partial charge on any atom is -0.474 e. The standard InChI is InChI=1S/C17H25ClN2O2/c1-12(2)22-16-15(18)10-13(11-19-16)17(21)20(3)14-8-6-4-5-7-9-14/h10-12,14H,4-9H2,1-3H3. The summed E-state index contributed by atoms with van der Waals surface area (Å²) in [5.74, 6) is 0.364. The summed E-state index contributed by atoms with van der Waals surface area (Å²) in [6, 6.07) is 1.97. The van der Waals surface area contributed by atoms with E-state index in [1.807, 2.05) is 25.8 Å². The molecule has 0 bridgehead atoms. The molecule has 0 spiro atoms. The highest BCUT2D eigenvalue weighted by Gasteiger charge is 2.23. The normalized spacial score (nSPS) is 16.4. The van der Waals surface area contributed by atoms with Gasteiger partial charge in [0.25, 0.3) is 5.91 Å². The minimum absolute atomic E-state index is 0.000198. The van der Waals surface area contributed by atoms with E-state index in [4.69, 9.17) is 16.3 Å². The predicted octanol–water partition coefficient (Wildman–Crippen LogP) is 4.32. The summed E-state index contributed by atoms with van der Waals surface area (Å²) in [6.45, 7) is 3.83. The first-order chi connectivity index (χ1) is 10.5. The Balaban J connectivity index is 2.09. The van der Waals surface area contributed by atoms with E-state index in [0.29, 0.717) is 22.5 Å². The third kappa shape index (κ3) is 4.35. The van der Waals surface area contributed by atoms with Gasteiger partial charge in [0, 0.05) is 19.3 Å². The number of carbonyl (C=O) groups excluding carboxylic acids is 1. The van der Waals surface area contributed by atoms with Crippen molar-refractivity contribution in [3.05, 3.63) is 22.8 Å². The second-order valence-electron chi connectivity index (χ2n) is 6.24. The molecule has 1 fully saturated rings. The second kappa shape index (κ2) is 7.82. The van der Waals surface area contributed by atoms with Crippen LogP contribution in [0.5, 0.6) is 5.88 Å². The monoisotopic (exact) mass is 324 g/mol. The largest absolute Gasteiger partial charge is 0.474 e. The lowest BCUT2D eigenvalue weighted by molar-refractivity contribution is 0.0717. The highest BCUT2D eigenvalue weighted by molar-refractivity contribution is 6.32. The lowest BCUT2D eigenvalue weighted by Gasteiger charge is -2.27. The number of halogens is 1. The van der Waals surface area contributed by atoms with Gasteiger partial charge in [-0.25, -0.2) is 4.98 Å². The Morgan fingerprint density at radius 3 is 2.50 bits per heavy atom. The van der Waals surface area contributed by atoms with Gasteiger partial charge in [0.05, 0.1) is 11.7 Å². The fourth-order valence-corrected chi connectivity index (χ4v) is 3.08. The van der Waals surface area contributed by atoms with E-state index < -0.39 is 0 Å². The molecule has 0 N–H and O–H groups in total. The Kier molecular flexibility index (Phi) is 6.07. The van der Waals surface area contributed by atoms with E-state index in [-0.39, 0.29) is 12.0 Å². The fraction of sp³-hybridized carbons (Fsp3) is 0.647. The van der Waals surface area contributed by atoms with Crippen LogP contribution in [-0.2, 0) is 0 Å². The van der Waals surface area contributed by atoms with E-state index in [1.165, 1.54) is 25.7 Å². The van der Waals surface area contributed by atoms with Crippen LogP contribution >= 0.6 is 11.6 Å². The SMILES string of the molecule is CC(C)Oc1ncc(C(=O)N(C)C2CCCCCC2)cc1Cl. The molecule has 0 aromatic carbocycles. The van der Waals surface area contributed by atoms with Gasteiger partial charge in [-0.2, -0.15) is 0 Å². The fourth-order valence-electron chi connectivity index (χ4n) is 2.87. The van der Waals surface area contributed by atoms with Crippen molar-refractivity contribution in [1.82, 2.24) is 9.88 Å². The van der Waals surface area contributed by atoms with E-state index in [2.05, 4.69) is 4.98 Å². The number of pyridine rings is 1. The molecule has 4 nitrogen and oxygen atoms in total. The Morgan fingerprint density at radius 2 is 1.95 bits per heavy atom. The van der Waals surface area contributed by atoms with Crippen molar-refractivity contribution in [1.29, 1.82) is 0 Å². The van der Waals surface area contributed by atoms with E-state index in [0.717, 1.165) is 12.8 Å². The summed E-state index contributed by atoms with van der Waals surface area (Å²) >= 11 is 6.18. The zero-order valence-electron chi connectivity index (χ0n) is 13.6. The predicted molar refractivity (Wildman–Crippen MR) is 88.6 cm³/mol. The molecule has 0 saturated heterocycles. The number of amides is 1. The maximum atomic E-state index is 12.6. The zero-order valence-corrected chi connectivity index (χ0v) is 14.4. The molecule has 1 heterocycles. The van der Waals surface area contributed by atoms with Gasteiger partial charge < -0.3 is 9.64 Å². The van der Waals surface area contributed by atoms with Crippen LogP contribution in [0.15, 0.2) is 12.3 Å². The van der Waals surface area contributed by atoms with Crippen LogP contribution in [0, 0.1) is 0 Å². The molecule has 0 aliphatic heterocycles. The van der Waals surface area contributed by atoms with Crippen LogP contribution in [0.2, 0.25) is 5.02 Å². The summed E-state index contributed by atoms with van der Waals surface area (Å²) in [5.41, 5.74) is 0.521. The van der Waals surface area contributed by atoms with Crippen LogP contribution in [0.25, 0.3) is 0 Å². The zero-order chi connectivity index (χ0) is 16.1. The number of hydrogen-bond donors (Lipinski definition) is 0. The quantitative estimate of drug-likeness (QED) is 0.775. The van der Waals surface area contributed by atoms with Crippen molar-refractivity contribution in [3.63, 3.8) is 0 Å². The molecule has 122 valence electrons. The summed E-state index contributed by atoms with van der Waals surface area (Å²) in [5, 5.41) is 0.383. The average molecular weight is 325 g/mol. The van der Waals surface area contributed by atoms with E-state index in [9.17, 15) is 4.79 Å². The molecule has 22 heavy (non-hydrogen) atoms. The Bertz CT molecular complexity index is 511. The topological polar surface area (TPSA) is 42.4 Å². The highest BCUT2D eigenvalue weighted by atomic mass is 35.5. The molecular weight excluding hydrogens is 300 g/mol. The molecule has 2 rings (SSSR count). The van der Waals surface area contributed by atoms with Gasteiger partial charge in [0.1, 0.15) is 5.02 Å². The van der Waals surface area contributed by atoms with E-state index in [1.54, 1.807) is 12.3 Å². The van der Waals surface area contributed by atoms with Crippen molar-refractivity contribution in [2.45, 2.75) is 64.5 Å². The van der Waals surface area contributed by atoms with Gasteiger partial charge in [-0.1, -0.05) is 37.3 Å². The first kappa shape index (κ1) is 17.1. The molecule has 1 aromatic rings. The van der Waals surface area contributed by atoms with Gasteiger partial charge in [-0.15, -0.1) is 0 Å². The number of ether oxygens (including phenoxy) is 1. The number of rotatable bonds is 4. The molecule has 1 aliphatic rings. The maximum absolute atomic E-state index is 12.6. The third-order valence-electron chi connectivity index (χ3n) is 4.09. The lowest BCUT2D eigenvalue weighted by Crippen LogP contribution is -2.36. The Morgan fingerprint density at radius 1 is 1.32 bits per heavy atom. The van der Waals surface area contributed by atoms with Crippen molar-refractivity contribution >= 4 is 17.5 Å². The average Bonchev–Trinajstić information content (AvgIpc) is 2.76. The first-order valence-electron chi connectivity index (χ1n) is 8.08. The van der Waals surface area contributed by atoms with Crippen LogP contribution in [0.1, 0.15) is 62.7 Å². The molecule has 0 atom stereocenters. The molecule has 5 heteroatoms. The van der Waals surface area contributed by atoms with Gasteiger partial charge in [0.2, 0.25) is 5.88 Å². The minimum atomic E-state index is -0.0163. The van der Waals surface area contributed by atoms with E-state index >= 15 is 0 Å². The number of nitrogens with zero attached hydrogens (tertiary/aromatic N) is 2. The highest BCUT2D eigenvalue weighted by Crippen LogP contribution is 2.26. The summed E-state index contributed by atoms with van der Waals surface area (Å²) < 4.78 is 5.51. The molecular formula is C17H25ClN2O2. The number of aromatic nitrogens is 1. The Labute approximate surface area is 137 Å². The van der Waals surface area contributed by atoms with Gasteiger partial charge in [-0.05, 0) is 32.8 Å².